The van der Waals surface area contributed by atoms with Gasteiger partial charge in [-0.3, -0.25) is 4.90 Å². The number of rotatable bonds is 7. The molecule has 2 nitrogen and oxygen atoms in total. The lowest BCUT2D eigenvalue weighted by Gasteiger charge is -2.32. The quantitative estimate of drug-likeness (QED) is 0.802. The Morgan fingerprint density at radius 2 is 1.73 bits per heavy atom. The predicted molar refractivity (Wildman–Crippen MR) is 96.3 cm³/mol. The summed E-state index contributed by atoms with van der Waals surface area (Å²) >= 11 is 0. The van der Waals surface area contributed by atoms with Crippen molar-refractivity contribution in [3.63, 3.8) is 0 Å². The minimum Gasteiger partial charge on any atom is -0.314 e. The molecular formula is C20H34N2. The van der Waals surface area contributed by atoms with Crippen molar-refractivity contribution in [3.05, 3.63) is 35.4 Å². The van der Waals surface area contributed by atoms with Crippen LogP contribution in [0.3, 0.4) is 0 Å². The third-order valence-corrected chi connectivity index (χ3v) is 5.13. The van der Waals surface area contributed by atoms with Gasteiger partial charge in [-0.2, -0.15) is 0 Å². The fourth-order valence-corrected chi connectivity index (χ4v) is 3.13. The highest BCUT2D eigenvalue weighted by Crippen LogP contribution is 2.20. The summed E-state index contributed by atoms with van der Waals surface area (Å²) in [6.45, 7) is 13.9. The normalized spacial score (nSPS) is 18.8. The van der Waals surface area contributed by atoms with Crippen molar-refractivity contribution in [1.29, 1.82) is 0 Å². The molecule has 0 spiro atoms. The molecule has 1 aromatic carbocycles. The average molecular weight is 303 g/mol. The zero-order valence-corrected chi connectivity index (χ0v) is 14.9. The Kier molecular flexibility index (Phi) is 6.91. The molecule has 22 heavy (non-hydrogen) atoms. The van der Waals surface area contributed by atoms with Crippen LogP contribution in [0.1, 0.15) is 64.0 Å². The van der Waals surface area contributed by atoms with Gasteiger partial charge in [-0.1, -0.05) is 45.0 Å². The van der Waals surface area contributed by atoms with Crippen molar-refractivity contribution in [2.24, 2.45) is 5.92 Å². The summed E-state index contributed by atoms with van der Waals surface area (Å²) < 4.78 is 0. The summed E-state index contributed by atoms with van der Waals surface area (Å²) in [6, 6.07) is 9.88. The molecule has 1 heterocycles. The Balaban J connectivity index is 1.73. The van der Waals surface area contributed by atoms with Gasteiger partial charge < -0.3 is 5.32 Å². The Labute approximate surface area is 137 Å². The molecule has 0 saturated carbocycles. The standard InChI is InChI=1S/C20H34N2/c1-5-17(4)21-14-18-10-12-22(13-11-18)15-19-6-8-20(9-7-19)16(2)3/h6-9,16-18,21H,5,10-15H2,1-4H3. The largest absolute Gasteiger partial charge is 0.314 e. The first-order chi connectivity index (χ1) is 10.6. The van der Waals surface area contributed by atoms with E-state index in [1.54, 1.807) is 0 Å². The van der Waals surface area contributed by atoms with Crippen molar-refractivity contribution in [2.75, 3.05) is 19.6 Å². The van der Waals surface area contributed by atoms with Gasteiger partial charge in [-0.25, -0.2) is 0 Å². The fraction of sp³-hybridized carbons (Fsp3) is 0.700. The molecule has 2 heteroatoms. The van der Waals surface area contributed by atoms with E-state index in [0.29, 0.717) is 12.0 Å². The molecule has 0 amide bonds. The molecule has 1 fully saturated rings. The maximum absolute atomic E-state index is 3.66. The van der Waals surface area contributed by atoms with Crippen LogP contribution in [-0.4, -0.2) is 30.6 Å². The summed E-state index contributed by atoms with van der Waals surface area (Å²) in [4.78, 5) is 2.62. The van der Waals surface area contributed by atoms with Gasteiger partial charge in [0.1, 0.15) is 0 Å². The molecule has 2 rings (SSSR count). The van der Waals surface area contributed by atoms with Gasteiger partial charge in [0.25, 0.3) is 0 Å². The number of nitrogens with one attached hydrogen (secondary N) is 1. The van der Waals surface area contributed by atoms with Crippen LogP contribution in [0.2, 0.25) is 0 Å². The summed E-state index contributed by atoms with van der Waals surface area (Å²) in [7, 11) is 0. The monoisotopic (exact) mass is 302 g/mol. The van der Waals surface area contributed by atoms with E-state index in [1.807, 2.05) is 0 Å². The van der Waals surface area contributed by atoms with E-state index in [1.165, 1.54) is 50.0 Å². The van der Waals surface area contributed by atoms with Crippen LogP contribution in [0.15, 0.2) is 24.3 Å². The van der Waals surface area contributed by atoms with Gasteiger partial charge in [-0.15, -0.1) is 0 Å². The first-order valence-electron chi connectivity index (χ1n) is 9.13. The predicted octanol–water partition coefficient (Wildman–Crippen LogP) is 4.41. The third kappa shape index (κ3) is 5.40. The van der Waals surface area contributed by atoms with Crippen LogP contribution in [0.5, 0.6) is 0 Å². The minimum absolute atomic E-state index is 0.628. The lowest BCUT2D eigenvalue weighted by Crippen LogP contribution is -2.38. The van der Waals surface area contributed by atoms with E-state index in [2.05, 4.69) is 62.2 Å². The minimum atomic E-state index is 0.628. The number of hydrogen-bond acceptors (Lipinski definition) is 2. The highest BCUT2D eigenvalue weighted by atomic mass is 15.1. The summed E-state index contributed by atoms with van der Waals surface area (Å²) in [5, 5.41) is 3.66. The first-order valence-corrected chi connectivity index (χ1v) is 9.13. The lowest BCUT2D eigenvalue weighted by molar-refractivity contribution is 0.173. The lowest BCUT2D eigenvalue weighted by atomic mass is 9.95. The smallest absolute Gasteiger partial charge is 0.0233 e. The Morgan fingerprint density at radius 1 is 1.09 bits per heavy atom. The zero-order valence-electron chi connectivity index (χ0n) is 14.9. The van der Waals surface area contributed by atoms with Crippen LogP contribution >= 0.6 is 0 Å². The number of likely N-dealkylation sites (tertiary alicyclic amines) is 1. The highest BCUT2D eigenvalue weighted by Gasteiger charge is 2.19. The second kappa shape index (κ2) is 8.69. The molecule has 1 aromatic rings. The number of benzene rings is 1. The van der Waals surface area contributed by atoms with Crippen LogP contribution in [0, 0.1) is 5.92 Å². The van der Waals surface area contributed by atoms with E-state index in [9.17, 15) is 0 Å². The molecule has 1 N–H and O–H groups in total. The molecule has 1 unspecified atom stereocenters. The van der Waals surface area contributed by atoms with E-state index in [4.69, 9.17) is 0 Å². The van der Waals surface area contributed by atoms with Crippen LogP contribution in [0.4, 0.5) is 0 Å². The van der Waals surface area contributed by atoms with Gasteiger partial charge in [-0.05, 0) is 68.8 Å². The summed E-state index contributed by atoms with van der Waals surface area (Å²) in [5.41, 5.74) is 2.90. The van der Waals surface area contributed by atoms with E-state index in [0.717, 1.165) is 12.5 Å². The molecular weight excluding hydrogens is 268 g/mol. The SMILES string of the molecule is CCC(C)NCC1CCN(Cc2ccc(C(C)C)cc2)CC1. The number of nitrogens with zero attached hydrogens (tertiary/aromatic N) is 1. The maximum atomic E-state index is 3.66. The van der Waals surface area contributed by atoms with E-state index in [-0.39, 0.29) is 0 Å². The van der Waals surface area contributed by atoms with Gasteiger partial charge in [0.05, 0.1) is 0 Å². The third-order valence-electron chi connectivity index (χ3n) is 5.13. The molecule has 0 bridgehead atoms. The van der Waals surface area contributed by atoms with Gasteiger partial charge in [0.2, 0.25) is 0 Å². The Morgan fingerprint density at radius 3 is 2.27 bits per heavy atom. The fourth-order valence-electron chi connectivity index (χ4n) is 3.13. The number of hydrogen-bond donors (Lipinski definition) is 1. The maximum Gasteiger partial charge on any atom is 0.0233 e. The van der Waals surface area contributed by atoms with Crippen molar-refractivity contribution in [1.82, 2.24) is 10.2 Å². The molecule has 1 atom stereocenters. The van der Waals surface area contributed by atoms with Crippen molar-refractivity contribution in [2.45, 2.75) is 65.5 Å². The summed E-state index contributed by atoms with van der Waals surface area (Å²) in [6.07, 6.45) is 3.91. The molecule has 0 radical (unpaired) electrons. The van der Waals surface area contributed by atoms with Gasteiger partial charge >= 0.3 is 0 Å². The zero-order chi connectivity index (χ0) is 15.9. The second-order valence-corrected chi connectivity index (χ2v) is 7.33. The molecule has 1 aliphatic heterocycles. The van der Waals surface area contributed by atoms with Crippen molar-refractivity contribution >= 4 is 0 Å². The Hall–Kier alpha value is -0.860. The van der Waals surface area contributed by atoms with Gasteiger partial charge in [0, 0.05) is 12.6 Å². The van der Waals surface area contributed by atoms with Crippen LogP contribution < -0.4 is 5.32 Å². The average Bonchev–Trinajstić information content (AvgIpc) is 2.54. The van der Waals surface area contributed by atoms with Gasteiger partial charge in [0.15, 0.2) is 0 Å². The van der Waals surface area contributed by atoms with E-state index >= 15 is 0 Å². The van der Waals surface area contributed by atoms with Crippen LogP contribution in [0.25, 0.3) is 0 Å². The topological polar surface area (TPSA) is 15.3 Å². The molecule has 0 aromatic heterocycles. The molecule has 124 valence electrons. The van der Waals surface area contributed by atoms with Crippen molar-refractivity contribution in [3.8, 4) is 0 Å². The van der Waals surface area contributed by atoms with Crippen LogP contribution in [-0.2, 0) is 6.54 Å². The molecule has 0 aliphatic carbocycles. The number of piperidine rings is 1. The summed E-state index contributed by atoms with van der Waals surface area (Å²) in [5.74, 6) is 1.50. The second-order valence-electron chi connectivity index (χ2n) is 7.33. The first kappa shape index (κ1) is 17.5. The van der Waals surface area contributed by atoms with Crippen molar-refractivity contribution < 1.29 is 0 Å². The highest BCUT2D eigenvalue weighted by molar-refractivity contribution is 5.24. The Bertz CT molecular complexity index is 416. The molecule has 1 saturated heterocycles. The van der Waals surface area contributed by atoms with E-state index < -0.39 is 0 Å². The molecule has 1 aliphatic rings.